The zero-order valence-corrected chi connectivity index (χ0v) is 40.8. The minimum absolute atomic E-state index is 0.0486. The molecule has 2 aliphatic heterocycles. The van der Waals surface area contributed by atoms with Gasteiger partial charge in [-0.15, -0.1) is 9.05 Å². The van der Waals surface area contributed by atoms with Crippen molar-refractivity contribution in [3.8, 4) is 6.07 Å². The molecule has 2 saturated heterocycles. The molecule has 4 aromatic heterocycles. The molecule has 364 valence electrons. The maximum absolute atomic E-state index is 14.2. The van der Waals surface area contributed by atoms with Crippen molar-refractivity contribution < 1.29 is 60.7 Å². The van der Waals surface area contributed by atoms with Crippen LogP contribution in [0.1, 0.15) is 70.3 Å². The smallest absolute Gasteiger partial charge is 0.408 e. The van der Waals surface area contributed by atoms with Crippen LogP contribution in [0.5, 0.6) is 0 Å². The maximum atomic E-state index is 14.2. The summed E-state index contributed by atoms with van der Waals surface area (Å²) < 4.78 is 71.8. The number of amides is 2. The zero-order valence-electron chi connectivity index (χ0n) is 38.0. The fourth-order valence-electron chi connectivity index (χ4n) is 7.00. The molecule has 0 bridgehead atoms. The summed E-state index contributed by atoms with van der Waals surface area (Å²) in [4.78, 5) is 74.3. The Morgan fingerprint density at radius 1 is 1.04 bits per heavy atom. The highest BCUT2D eigenvalue weighted by atomic mass is 31.2. The Morgan fingerprint density at radius 2 is 1.76 bits per heavy atom. The number of carbonyl (C=O) groups is 2. The lowest BCUT2D eigenvalue weighted by atomic mass is 10.1. The summed E-state index contributed by atoms with van der Waals surface area (Å²) in [6.07, 6.45) is -4.93. The van der Waals surface area contributed by atoms with Gasteiger partial charge in [0, 0.05) is 22.5 Å². The van der Waals surface area contributed by atoms with Crippen LogP contribution >= 0.6 is 16.1 Å². The van der Waals surface area contributed by atoms with E-state index in [1.54, 1.807) is 44.2 Å². The van der Waals surface area contributed by atoms with Gasteiger partial charge in [0.15, 0.2) is 42.7 Å². The standard InChI is InChI=1S/C40H51N11O14P2Si/c1-22(2)35(53)48-39-47-34-29(37(55)49-39)45-21-51(34)38-31(30(25(17-52)62-38)65-68(6,7)40(3,4)5)64-67(57,58)60-18-26-24(63-66(56)59-15-11-14-41)16-27(61-26)50-20-44-28-32(42-19-43-33(28)50)46-36(54)23-12-9-8-10-13-23/h8-10,12-13,19-22,24-27,30-31,38,52H,11,15-18H2,1-7H3,(H3-,42,43,46,47,48,49,53,54,55,57,58)/p+1/t24-,25+,26+,27+,30+,31+,38+/m0/s1. The highest BCUT2D eigenvalue weighted by Crippen LogP contribution is 2.52. The molecule has 0 saturated carbocycles. The molecule has 68 heavy (non-hydrogen) atoms. The molecule has 0 spiro atoms. The number of aliphatic hydroxyl groups excluding tert-OH is 1. The van der Waals surface area contributed by atoms with Gasteiger partial charge in [0.05, 0.1) is 38.4 Å². The lowest BCUT2D eigenvalue weighted by Gasteiger charge is -2.40. The molecule has 5 aromatic rings. The largest absolute Gasteiger partial charge is 0.697 e. The second kappa shape index (κ2) is 20.8. The first-order valence-corrected chi connectivity index (χ1v) is 26.9. The van der Waals surface area contributed by atoms with Crippen molar-refractivity contribution in [1.82, 2.24) is 39.0 Å². The van der Waals surface area contributed by atoms with Crippen molar-refractivity contribution in [3.05, 3.63) is 65.2 Å². The highest BCUT2D eigenvalue weighted by molar-refractivity contribution is 7.47. The number of phosphoric ester groups is 1. The molecule has 0 aliphatic carbocycles. The van der Waals surface area contributed by atoms with Gasteiger partial charge in [0.25, 0.3) is 11.5 Å². The Labute approximate surface area is 390 Å². The first kappa shape index (κ1) is 50.6. The van der Waals surface area contributed by atoms with Crippen molar-refractivity contribution in [1.29, 1.82) is 5.26 Å². The Morgan fingerprint density at radius 3 is 2.46 bits per heavy atom. The van der Waals surface area contributed by atoms with Gasteiger partial charge in [-0.3, -0.25) is 42.9 Å². The molecule has 2 fully saturated rings. The van der Waals surface area contributed by atoms with E-state index in [2.05, 4.69) is 40.5 Å². The van der Waals surface area contributed by atoms with Crippen molar-refractivity contribution in [2.75, 3.05) is 30.5 Å². The topological polar surface area (TPSA) is 328 Å². The van der Waals surface area contributed by atoms with E-state index >= 15 is 0 Å². The number of hydrogen-bond acceptors (Lipinski definition) is 19. The number of aromatic nitrogens is 8. The number of benzene rings is 1. The molecule has 1 aromatic carbocycles. The molecule has 7 rings (SSSR count). The lowest BCUT2D eigenvalue weighted by molar-refractivity contribution is -0.118. The van der Waals surface area contributed by atoms with Crippen LogP contribution in [0.3, 0.4) is 0 Å². The minimum atomic E-state index is -5.23. The Balaban J connectivity index is 1.17. The van der Waals surface area contributed by atoms with E-state index < -0.39 is 109 Å². The van der Waals surface area contributed by atoms with Crippen LogP contribution < -0.4 is 16.2 Å². The summed E-state index contributed by atoms with van der Waals surface area (Å²) in [7, 11) is -10.8. The quantitative estimate of drug-likeness (QED) is 0.0419. The molecule has 2 amide bonds. The summed E-state index contributed by atoms with van der Waals surface area (Å²) in [6, 6.07) is 10.3. The van der Waals surface area contributed by atoms with Crippen molar-refractivity contribution in [2.24, 2.45) is 5.92 Å². The number of aliphatic hydroxyl groups is 1. The van der Waals surface area contributed by atoms with Crippen LogP contribution in [0.25, 0.3) is 22.3 Å². The Kier molecular flexibility index (Phi) is 15.5. The molecular formula is C40H52N11O14P2Si+. The van der Waals surface area contributed by atoms with Gasteiger partial charge in [-0.05, 0) is 30.3 Å². The predicted octanol–water partition coefficient (Wildman–Crippen LogP) is 4.85. The van der Waals surface area contributed by atoms with Crippen LogP contribution in [0.15, 0.2) is 54.1 Å². The van der Waals surface area contributed by atoms with Crippen LogP contribution in [0, 0.1) is 17.2 Å². The van der Waals surface area contributed by atoms with Crippen molar-refractivity contribution >= 4 is 70.3 Å². The number of carbonyl (C=O) groups excluding carboxylic acids is 2. The Hall–Kier alpha value is -5.26. The number of nitrogens with one attached hydrogen (secondary N) is 3. The van der Waals surface area contributed by atoms with Gasteiger partial charge in [-0.1, -0.05) is 52.8 Å². The average Bonchev–Trinajstić information content (AvgIpc) is 4.08. The molecule has 9 atom stereocenters. The normalized spacial score (nSPS) is 23.2. The van der Waals surface area contributed by atoms with E-state index in [4.69, 9.17) is 37.3 Å². The summed E-state index contributed by atoms with van der Waals surface area (Å²) in [5.74, 6) is -1.42. The number of imidazole rings is 2. The third-order valence-corrected chi connectivity index (χ3v) is 17.9. The number of fused-ring (bicyclic) bond motifs is 2. The number of nitrogens with zero attached hydrogens (tertiary/aromatic N) is 8. The predicted molar refractivity (Wildman–Crippen MR) is 242 cm³/mol. The van der Waals surface area contributed by atoms with E-state index in [0.717, 1.165) is 0 Å². The number of hydrogen-bond donors (Lipinski definition) is 5. The molecule has 6 heterocycles. The summed E-state index contributed by atoms with van der Waals surface area (Å²) in [5.41, 5.74) is -0.136. The number of aromatic amines is 1. The SMILES string of the molecule is CC(C)C(=O)Nc1nc2c(ncn2[C@@H]2O[C@H](CO)[C@@H](O[Si](C)(C)C(C)(C)C)[C@H]2OP(=O)(O)OC[C@H]2O[C@@H](n3cnc4c(NC(=O)c5ccccc5)ncnc43)C[C@@H]2O[P+](=O)OCCC#N)c(=O)[nH]1. The first-order chi connectivity index (χ1) is 32.2. The van der Waals surface area contributed by atoms with E-state index in [9.17, 15) is 33.5 Å². The van der Waals surface area contributed by atoms with Gasteiger partial charge in [0.2, 0.25) is 11.9 Å². The summed E-state index contributed by atoms with van der Waals surface area (Å²) >= 11 is 0. The third-order valence-electron chi connectivity index (χ3n) is 11.6. The van der Waals surface area contributed by atoms with Crippen molar-refractivity contribution in [2.45, 2.75) is 109 Å². The second-order valence-electron chi connectivity index (χ2n) is 17.6. The number of anilines is 2. The molecular weight excluding hydrogens is 949 g/mol. The van der Waals surface area contributed by atoms with E-state index in [0.29, 0.717) is 5.56 Å². The molecule has 5 N–H and O–H groups in total. The molecule has 0 radical (unpaired) electrons. The summed E-state index contributed by atoms with van der Waals surface area (Å²) in [6.45, 7) is 11.6. The second-order valence-corrected chi connectivity index (χ2v) is 24.7. The van der Waals surface area contributed by atoms with Gasteiger partial charge in [-0.25, -0.2) is 24.5 Å². The lowest BCUT2D eigenvalue weighted by Crippen LogP contribution is -2.50. The van der Waals surface area contributed by atoms with Gasteiger partial charge in [0.1, 0.15) is 49.7 Å². The van der Waals surface area contributed by atoms with Crippen LogP contribution in [-0.2, 0) is 45.9 Å². The number of nitriles is 1. The third kappa shape index (κ3) is 11.3. The van der Waals surface area contributed by atoms with Gasteiger partial charge in [-0.2, -0.15) is 10.2 Å². The fourth-order valence-corrected chi connectivity index (χ4v) is 9.99. The number of ether oxygens (including phenoxy) is 2. The molecule has 2 aliphatic rings. The van der Waals surface area contributed by atoms with E-state index in [1.165, 1.54) is 28.1 Å². The molecule has 25 nitrogen and oxygen atoms in total. The maximum Gasteiger partial charge on any atom is 0.697 e. The number of rotatable bonds is 19. The average molecular weight is 1000 g/mol. The monoisotopic (exact) mass is 1000 g/mol. The van der Waals surface area contributed by atoms with Crippen LogP contribution in [-0.4, -0.2) is 120 Å². The minimum Gasteiger partial charge on any atom is -0.408 e. The number of phosphoric acid groups is 1. The first-order valence-electron chi connectivity index (χ1n) is 21.4. The van der Waals surface area contributed by atoms with Crippen LogP contribution in [0.2, 0.25) is 18.1 Å². The highest BCUT2D eigenvalue weighted by Gasteiger charge is 2.54. The molecule has 28 heteroatoms. The Bertz CT molecular complexity index is 2800. The summed E-state index contributed by atoms with van der Waals surface area (Å²) in [5, 5.41) is 24.5. The fraction of sp³-hybridized carbons (Fsp3) is 0.525. The van der Waals surface area contributed by atoms with Crippen LogP contribution in [0.4, 0.5) is 11.8 Å². The van der Waals surface area contributed by atoms with Gasteiger partial charge >= 0.3 is 16.1 Å². The van der Waals surface area contributed by atoms with Gasteiger partial charge < -0.3 is 29.2 Å². The van der Waals surface area contributed by atoms with E-state index in [-0.39, 0.29) is 53.5 Å². The van der Waals surface area contributed by atoms with E-state index in [1.807, 2.05) is 39.9 Å². The van der Waals surface area contributed by atoms with Crippen molar-refractivity contribution in [3.63, 3.8) is 0 Å². The zero-order chi connectivity index (χ0) is 49.1. The molecule has 2 unspecified atom stereocenters. The number of H-pyrrole nitrogens is 1.